The largest absolute Gasteiger partial charge is 0.481 e. The normalized spacial score (nSPS) is 16.2. The molecule has 0 aromatic heterocycles. The predicted octanol–water partition coefficient (Wildman–Crippen LogP) is 3.61. The highest BCUT2D eigenvalue weighted by Crippen LogP contribution is 2.24. The van der Waals surface area contributed by atoms with Gasteiger partial charge in [-0.3, -0.25) is 9.59 Å². The zero-order chi connectivity index (χ0) is 15.1. The first kappa shape index (κ1) is 15.5. The van der Waals surface area contributed by atoms with Crippen LogP contribution in [0.3, 0.4) is 0 Å². The number of carbonyl (C=O) groups excluding carboxylic acids is 1. The van der Waals surface area contributed by atoms with Crippen LogP contribution in [-0.2, 0) is 16.0 Å². The fraction of sp³-hybridized carbons (Fsp3) is 0.529. The van der Waals surface area contributed by atoms with Gasteiger partial charge in [-0.25, -0.2) is 0 Å². The van der Waals surface area contributed by atoms with Crippen molar-refractivity contribution in [1.29, 1.82) is 0 Å². The monoisotopic (exact) mass is 289 g/mol. The minimum absolute atomic E-state index is 0.104. The summed E-state index contributed by atoms with van der Waals surface area (Å²) in [5.41, 5.74) is 1.71. The second-order valence-electron chi connectivity index (χ2n) is 5.77. The van der Waals surface area contributed by atoms with E-state index in [2.05, 4.69) is 5.32 Å². The molecule has 0 unspecified atom stereocenters. The van der Waals surface area contributed by atoms with Gasteiger partial charge in [-0.15, -0.1) is 0 Å². The molecule has 0 aliphatic heterocycles. The summed E-state index contributed by atoms with van der Waals surface area (Å²) in [5, 5.41) is 11.7. The Balaban J connectivity index is 1.93. The van der Waals surface area contributed by atoms with Gasteiger partial charge in [0.1, 0.15) is 0 Å². The van der Waals surface area contributed by atoms with Crippen LogP contribution in [0.2, 0.25) is 0 Å². The molecule has 2 N–H and O–H groups in total. The molecule has 0 spiro atoms. The zero-order valence-corrected chi connectivity index (χ0v) is 12.3. The summed E-state index contributed by atoms with van der Waals surface area (Å²) < 4.78 is 0. The summed E-state index contributed by atoms with van der Waals surface area (Å²) >= 11 is 0. The lowest BCUT2D eigenvalue weighted by Crippen LogP contribution is -2.22. The number of rotatable bonds is 5. The number of aryl methyl sites for hydroxylation is 1. The number of benzene rings is 1. The van der Waals surface area contributed by atoms with E-state index in [0.717, 1.165) is 36.9 Å². The highest BCUT2D eigenvalue weighted by molar-refractivity contribution is 5.92. The highest BCUT2D eigenvalue weighted by Gasteiger charge is 2.20. The van der Waals surface area contributed by atoms with E-state index < -0.39 is 5.97 Å². The average molecular weight is 289 g/mol. The van der Waals surface area contributed by atoms with Crippen molar-refractivity contribution in [2.75, 3.05) is 5.32 Å². The number of amides is 1. The molecule has 1 aromatic carbocycles. The van der Waals surface area contributed by atoms with Crippen LogP contribution in [0.1, 0.15) is 50.5 Å². The lowest BCUT2D eigenvalue weighted by molar-refractivity contribution is -0.137. The van der Waals surface area contributed by atoms with Crippen LogP contribution >= 0.6 is 0 Å². The van der Waals surface area contributed by atoms with E-state index in [4.69, 9.17) is 5.11 Å². The minimum Gasteiger partial charge on any atom is -0.481 e. The van der Waals surface area contributed by atoms with Crippen molar-refractivity contribution in [2.24, 2.45) is 5.92 Å². The Morgan fingerprint density at radius 3 is 2.52 bits per heavy atom. The van der Waals surface area contributed by atoms with Crippen molar-refractivity contribution in [2.45, 2.75) is 51.4 Å². The first-order valence-corrected chi connectivity index (χ1v) is 7.77. The number of hydrogen-bond donors (Lipinski definition) is 2. The number of hydrogen-bond acceptors (Lipinski definition) is 2. The van der Waals surface area contributed by atoms with E-state index in [9.17, 15) is 9.59 Å². The molecule has 1 fully saturated rings. The van der Waals surface area contributed by atoms with Crippen molar-refractivity contribution in [3.05, 3.63) is 29.8 Å². The number of carboxylic acids is 1. The molecule has 114 valence electrons. The van der Waals surface area contributed by atoms with Gasteiger partial charge in [0, 0.05) is 18.0 Å². The molecule has 1 amide bonds. The SMILES string of the molecule is O=C(O)CCc1cccc(NC(=O)C2CCCCCC2)c1. The maximum atomic E-state index is 12.3. The van der Waals surface area contributed by atoms with Gasteiger partial charge in [-0.1, -0.05) is 37.8 Å². The molecule has 0 heterocycles. The molecule has 0 saturated heterocycles. The Labute approximate surface area is 125 Å². The first-order chi connectivity index (χ1) is 10.1. The number of carbonyl (C=O) groups is 2. The van der Waals surface area contributed by atoms with Crippen molar-refractivity contribution in [3.8, 4) is 0 Å². The molecule has 4 heteroatoms. The third-order valence-corrected chi connectivity index (χ3v) is 4.05. The second kappa shape index (κ2) is 7.81. The summed E-state index contributed by atoms with van der Waals surface area (Å²) in [7, 11) is 0. The van der Waals surface area contributed by atoms with Gasteiger partial charge in [0.2, 0.25) is 5.91 Å². The lowest BCUT2D eigenvalue weighted by Gasteiger charge is -2.14. The molecule has 1 saturated carbocycles. The number of aliphatic carboxylic acids is 1. The fourth-order valence-electron chi connectivity index (χ4n) is 2.84. The van der Waals surface area contributed by atoms with Crippen molar-refractivity contribution < 1.29 is 14.7 Å². The second-order valence-corrected chi connectivity index (χ2v) is 5.77. The van der Waals surface area contributed by atoms with Gasteiger partial charge in [0.05, 0.1) is 0 Å². The lowest BCUT2D eigenvalue weighted by atomic mass is 9.99. The first-order valence-electron chi connectivity index (χ1n) is 7.77. The number of carboxylic acid groups (broad SMARTS) is 1. The molecule has 4 nitrogen and oxygen atoms in total. The molecule has 0 bridgehead atoms. The average Bonchev–Trinajstić information content (AvgIpc) is 2.74. The van der Waals surface area contributed by atoms with Gasteiger partial charge in [0.25, 0.3) is 0 Å². The Hall–Kier alpha value is -1.84. The Kier molecular flexibility index (Phi) is 5.78. The van der Waals surface area contributed by atoms with E-state index in [-0.39, 0.29) is 18.2 Å². The number of anilines is 1. The van der Waals surface area contributed by atoms with Crippen molar-refractivity contribution >= 4 is 17.6 Å². The fourth-order valence-corrected chi connectivity index (χ4v) is 2.84. The van der Waals surface area contributed by atoms with E-state index in [1.54, 1.807) is 0 Å². The third kappa shape index (κ3) is 5.21. The standard InChI is InChI=1S/C17H23NO3/c19-16(20)11-10-13-6-5-9-15(12-13)18-17(21)14-7-3-1-2-4-8-14/h5-6,9,12,14H,1-4,7-8,10-11H2,(H,18,21)(H,19,20). The van der Waals surface area contributed by atoms with E-state index in [0.29, 0.717) is 6.42 Å². The van der Waals surface area contributed by atoms with E-state index in [1.165, 1.54) is 12.8 Å². The van der Waals surface area contributed by atoms with Crippen LogP contribution < -0.4 is 5.32 Å². The van der Waals surface area contributed by atoms with Crippen LogP contribution in [0.25, 0.3) is 0 Å². The summed E-state index contributed by atoms with van der Waals surface area (Å²) in [4.78, 5) is 22.9. The van der Waals surface area contributed by atoms with Gasteiger partial charge < -0.3 is 10.4 Å². The molecule has 0 atom stereocenters. The van der Waals surface area contributed by atoms with E-state index in [1.807, 2.05) is 24.3 Å². The molecule has 1 aliphatic carbocycles. The zero-order valence-electron chi connectivity index (χ0n) is 12.3. The minimum atomic E-state index is -0.803. The maximum absolute atomic E-state index is 12.3. The van der Waals surface area contributed by atoms with Crippen molar-refractivity contribution in [1.82, 2.24) is 0 Å². The van der Waals surface area contributed by atoms with Crippen LogP contribution in [0.4, 0.5) is 5.69 Å². The van der Waals surface area contributed by atoms with Crippen LogP contribution in [0, 0.1) is 5.92 Å². The van der Waals surface area contributed by atoms with Gasteiger partial charge in [-0.05, 0) is 37.0 Å². The molecule has 1 aliphatic rings. The Morgan fingerprint density at radius 1 is 1.14 bits per heavy atom. The smallest absolute Gasteiger partial charge is 0.303 e. The Morgan fingerprint density at radius 2 is 1.86 bits per heavy atom. The third-order valence-electron chi connectivity index (χ3n) is 4.05. The predicted molar refractivity (Wildman–Crippen MR) is 82.2 cm³/mol. The molecule has 21 heavy (non-hydrogen) atoms. The quantitative estimate of drug-likeness (QED) is 0.814. The molecular formula is C17H23NO3. The summed E-state index contributed by atoms with van der Waals surface area (Å²) in [6.45, 7) is 0. The van der Waals surface area contributed by atoms with Crippen LogP contribution in [0.5, 0.6) is 0 Å². The molecule has 2 rings (SSSR count). The topological polar surface area (TPSA) is 66.4 Å². The maximum Gasteiger partial charge on any atom is 0.303 e. The molecule has 1 aromatic rings. The summed E-state index contributed by atoms with van der Waals surface area (Å²) in [6.07, 6.45) is 7.29. The van der Waals surface area contributed by atoms with Crippen LogP contribution in [0.15, 0.2) is 24.3 Å². The summed E-state index contributed by atoms with van der Waals surface area (Å²) in [6, 6.07) is 7.49. The van der Waals surface area contributed by atoms with Crippen molar-refractivity contribution in [3.63, 3.8) is 0 Å². The molecular weight excluding hydrogens is 266 g/mol. The highest BCUT2D eigenvalue weighted by atomic mass is 16.4. The Bertz CT molecular complexity index is 491. The van der Waals surface area contributed by atoms with Gasteiger partial charge in [-0.2, -0.15) is 0 Å². The summed E-state index contributed by atoms with van der Waals surface area (Å²) in [5.74, 6) is -0.578. The van der Waals surface area contributed by atoms with Crippen LogP contribution in [-0.4, -0.2) is 17.0 Å². The number of nitrogens with one attached hydrogen (secondary N) is 1. The van der Waals surface area contributed by atoms with E-state index >= 15 is 0 Å². The van der Waals surface area contributed by atoms with Gasteiger partial charge >= 0.3 is 5.97 Å². The molecule has 0 radical (unpaired) electrons. The van der Waals surface area contributed by atoms with Gasteiger partial charge in [0.15, 0.2) is 0 Å².